The van der Waals surface area contributed by atoms with Crippen molar-refractivity contribution in [3.05, 3.63) is 54.2 Å². The molecule has 1 aliphatic rings. The molecule has 2 heterocycles. The SMILES string of the molecule is COc1cc(Nc2nc(Nc3ccc(N4CCN(C)CC4)cc3)ncc2C)cc(OC)c1. The molecule has 0 spiro atoms. The van der Waals surface area contributed by atoms with E-state index in [1.165, 1.54) is 5.69 Å². The number of benzene rings is 2. The maximum absolute atomic E-state index is 5.36. The van der Waals surface area contributed by atoms with Gasteiger partial charge in [-0.15, -0.1) is 0 Å². The molecular weight excluding hydrogens is 404 g/mol. The summed E-state index contributed by atoms with van der Waals surface area (Å²) in [6, 6.07) is 14.0. The first-order valence-electron chi connectivity index (χ1n) is 10.7. The molecule has 8 nitrogen and oxygen atoms in total. The Morgan fingerprint density at radius 3 is 2.12 bits per heavy atom. The molecule has 2 N–H and O–H groups in total. The summed E-state index contributed by atoms with van der Waals surface area (Å²) in [5.41, 5.74) is 3.94. The van der Waals surface area contributed by atoms with Gasteiger partial charge in [0.25, 0.3) is 0 Å². The Balaban J connectivity index is 1.47. The van der Waals surface area contributed by atoms with Crippen LogP contribution in [-0.2, 0) is 0 Å². The average Bonchev–Trinajstić information content (AvgIpc) is 2.82. The predicted molar refractivity (Wildman–Crippen MR) is 129 cm³/mol. The third-order valence-corrected chi connectivity index (χ3v) is 5.58. The number of methoxy groups -OCH3 is 2. The first-order valence-corrected chi connectivity index (χ1v) is 10.7. The van der Waals surface area contributed by atoms with Gasteiger partial charge in [-0.25, -0.2) is 4.98 Å². The van der Waals surface area contributed by atoms with Gasteiger partial charge in [0.05, 0.1) is 14.2 Å². The molecule has 8 heteroatoms. The summed E-state index contributed by atoms with van der Waals surface area (Å²) in [6.45, 7) is 6.25. The van der Waals surface area contributed by atoms with Gasteiger partial charge in [0, 0.05) is 73.2 Å². The lowest BCUT2D eigenvalue weighted by Gasteiger charge is -2.34. The minimum atomic E-state index is 0.528. The summed E-state index contributed by atoms with van der Waals surface area (Å²) in [4.78, 5) is 13.9. The first kappa shape index (κ1) is 21.7. The predicted octanol–water partition coefficient (Wildman–Crippen LogP) is 4.04. The number of nitrogens with one attached hydrogen (secondary N) is 2. The van der Waals surface area contributed by atoms with Crippen molar-refractivity contribution in [2.24, 2.45) is 0 Å². The van der Waals surface area contributed by atoms with Gasteiger partial charge in [-0.2, -0.15) is 4.98 Å². The summed E-state index contributed by atoms with van der Waals surface area (Å²) in [5, 5.41) is 6.64. The molecule has 0 atom stereocenters. The van der Waals surface area contributed by atoms with Gasteiger partial charge < -0.3 is 29.9 Å². The molecule has 3 aromatic rings. The zero-order valence-corrected chi connectivity index (χ0v) is 19.1. The van der Waals surface area contributed by atoms with Crippen molar-refractivity contribution < 1.29 is 9.47 Å². The number of anilines is 5. The first-order chi connectivity index (χ1) is 15.5. The van der Waals surface area contributed by atoms with E-state index in [-0.39, 0.29) is 0 Å². The van der Waals surface area contributed by atoms with Crippen molar-refractivity contribution in [2.75, 3.05) is 63.0 Å². The lowest BCUT2D eigenvalue weighted by atomic mass is 10.2. The van der Waals surface area contributed by atoms with Gasteiger partial charge in [0.15, 0.2) is 0 Å². The molecule has 0 saturated carbocycles. The summed E-state index contributed by atoms with van der Waals surface area (Å²) in [5.74, 6) is 2.65. The van der Waals surface area contributed by atoms with Crippen molar-refractivity contribution in [1.82, 2.24) is 14.9 Å². The van der Waals surface area contributed by atoms with Crippen LogP contribution in [0.25, 0.3) is 0 Å². The highest BCUT2D eigenvalue weighted by Gasteiger charge is 2.14. The van der Waals surface area contributed by atoms with Crippen LogP contribution >= 0.6 is 0 Å². The van der Waals surface area contributed by atoms with Crippen LogP contribution in [0.3, 0.4) is 0 Å². The molecular formula is C24H30N6O2. The maximum Gasteiger partial charge on any atom is 0.229 e. The second-order valence-corrected chi connectivity index (χ2v) is 7.91. The van der Waals surface area contributed by atoms with Crippen molar-refractivity contribution >= 4 is 28.8 Å². The normalized spacial score (nSPS) is 14.2. The molecule has 1 fully saturated rings. The van der Waals surface area contributed by atoms with Crippen molar-refractivity contribution in [2.45, 2.75) is 6.92 Å². The summed E-state index contributed by atoms with van der Waals surface area (Å²) < 4.78 is 10.7. The van der Waals surface area contributed by atoms with E-state index in [0.29, 0.717) is 23.3 Å². The van der Waals surface area contributed by atoms with Crippen LogP contribution in [0.5, 0.6) is 11.5 Å². The van der Waals surface area contributed by atoms with Crippen LogP contribution in [0.15, 0.2) is 48.7 Å². The molecule has 0 bridgehead atoms. The minimum absolute atomic E-state index is 0.528. The molecule has 0 radical (unpaired) electrons. The highest BCUT2D eigenvalue weighted by atomic mass is 16.5. The lowest BCUT2D eigenvalue weighted by molar-refractivity contribution is 0.313. The van der Waals surface area contributed by atoms with Gasteiger partial charge in [-0.3, -0.25) is 0 Å². The second kappa shape index (κ2) is 9.74. The highest BCUT2D eigenvalue weighted by Crippen LogP contribution is 2.29. The maximum atomic E-state index is 5.36. The Kier molecular flexibility index (Phi) is 6.61. The largest absolute Gasteiger partial charge is 0.497 e. The smallest absolute Gasteiger partial charge is 0.229 e. The molecule has 1 aliphatic heterocycles. The summed E-state index contributed by atoms with van der Waals surface area (Å²) in [6.07, 6.45) is 1.80. The van der Waals surface area contributed by atoms with Gasteiger partial charge in [0.2, 0.25) is 5.95 Å². The fourth-order valence-electron chi connectivity index (χ4n) is 3.59. The van der Waals surface area contributed by atoms with Gasteiger partial charge in [-0.1, -0.05) is 0 Å². The number of hydrogen-bond donors (Lipinski definition) is 2. The van der Waals surface area contributed by atoms with Crippen LogP contribution in [0, 0.1) is 6.92 Å². The number of likely N-dealkylation sites (N-methyl/N-ethyl adjacent to an activating group) is 1. The molecule has 1 saturated heterocycles. The van der Waals surface area contributed by atoms with E-state index in [9.17, 15) is 0 Å². The molecule has 32 heavy (non-hydrogen) atoms. The number of nitrogens with zero attached hydrogens (tertiary/aromatic N) is 4. The van der Waals surface area contributed by atoms with E-state index in [2.05, 4.69) is 61.7 Å². The average molecular weight is 435 g/mol. The fraction of sp³-hybridized carbons (Fsp3) is 0.333. The van der Waals surface area contributed by atoms with Crippen molar-refractivity contribution in [1.29, 1.82) is 0 Å². The molecule has 4 rings (SSSR count). The Hall–Kier alpha value is -3.52. The van der Waals surface area contributed by atoms with E-state index >= 15 is 0 Å². The van der Waals surface area contributed by atoms with E-state index in [1.807, 2.05) is 25.1 Å². The molecule has 0 amide bonds. The van der Waals surface area contributed by atoms with Crippen LogP contribution in [0.4, 0.5) is 28.8 Å². The molecule has 1 aromatic heterocycles. The van der Waals surface area contributed by atoms with Gasteiger partial charge in [0.1, 0.15) is 17.3 Å². The Morgan fingerprint density at radius 1 is 0.844 bits per heavy atom. The van der Waals surface area contributed by atoms with Crippen LogP contribution in [0.1, 0.15) is 5.56 Å². The zero-order valence-electron chi connectivity index (χ0n) is 19.1. The van der Waals surface area contributed by atoms with Gasteiger partial charge >= 0.3 is 0 Å². The van der Waals surface area contributed by atoms with E-state index < -0.39 is 0 Å². The van der Waals surface area contributed by atoms with Crippen molar-refractivity contribution in [3.8, 4) is 11.5 Å². The van der Waals surface area contributed by atoms with E-state index in [1.54, 1.807) is 20.4 Å². The van der Waals surface area contributed by atoms with E-state index in [0.717, 1.165) is 43.1 Å². The molecule has 0 unspecified atom stereocenters. The van der Waals surface area contributed by atoms with Crippen LogP contribution < -0.4 is 25.0 Å². The van der Waals surface area contributed by atoms with Crippen LogP contribution in [-0.4, -0.2) is 62.3 Å². The van der Waals surface area contributed by atoms with Gasteiger partial charge in [-0.05, 0) is 38.2 Å². The number of aryl methyl sites for hydroxylation is 1. The highest BCUT2D eigenvalue weighted by molar-refractivity contribution is 5.65. The van der Waals surface area contributed by atoms with Crippen molar-refractivity contribution in [3.63, 3.8) is 0 Å². The molecule has 0 aliphatic carbocycles. The number of ether oxygens (including phenoxy) is 2. The standard InChI is InChI=1S/C24H30N6O2/c1-17-16-25-24(28-23(17)26-19-13-21(31-3)15-22(14-19)32-4)27-18-5-7-20(8-6-18)30-11-9-29(2)10-12-30/h5-8,13-16H,9-12H2,1-4H3,(H2,25,26,27,28). The van der Waals surface area contributed by atoms with E-state index in [4.69, 9.17) is 9.47 Å². The number of piperazine rings is 1. The monoisotopic (exact) mass is 434 g/mol. The topological polar surface area (TPSA) is 74.8 Å². The zero-order chi connectivity index (χ0) is 22.5. The number of rotatable bonds is 7. The molecule has 2 aromatic carbocycles. The summed E-state index contributed by atoms with van der Waals surface area (Å²) >= 11 is 0. The van der Waals surface area contributed by atoms with Crippen LogP contribution in [0.2, 0.25) is 0 Å². The Labute approximate surface area is 189 Å². The number of hydrogen-bond acceptors (Lipinski definition) is 8. The Morgan fingerprint density at radius 2 is 1.50 bits per heavy atom. The quantitative estimate of drug-likeness (QED) is 0.577. The Bertz CT molecular complexity index is 1030. The fourth-order valence-corrected chi connectivity index (χ4v) is 3.59. The summed E-state index contributed by atoms with van der Waals surface area (Å²) in [7, 11) is 5.43. The number of aromatic nitrogens is 2. The molecule has 168 valence electrons. The minimum Gasteiger partial charge on any atom is -0.497 e. The lowest BCUT2D eigenvalue weighted by Crippen LogP contribution is -2.44. The third kappa shape index (κ3) is 5.20. The third-order valence-electron chi connectivity index (χ3n) is 5.58. The second-order valence-electron chi connectivity index (χ2n) is 7.91.